The molecule has 0 radical (unpaired) electrons. The van der Waals surface area contributed by atoms with Gasteiger partial charge < -0.3 is 4.74 Å². The number of carbonyl (C=O) groups is 1. The second-order valence-electron chi connectivity index (χ2n) is 7.76. The zero-order valence-electron chi connectivity index (χ0n) is 12.5. The van der Waals surface area contributed by atoms with E-state index in [0.717, 1.165) is 25.9 Å². The largest absolute Gasteiger partial charge is 0.375 e. The smallest absolute Gasteiger partial charge is 0.139 e. The summed E-state index contributed by atoms with van der Waals surface area (Å²) in [6.07, 6.45) is 10.5. The van der Waals surface area contributed by atoms with Gasteiger partial charge in [-0.3, -0.25) is 4.79 Å². The van der Waals surface area contributed by atoms with Gasteiger partial charge in [-0.2, -0.15) is 0 Å². The van der Waals surface area contributed by atoms with Gasteiger partial charge in [0.15, 0.2) is 0 Å². The maximum Gasteiger partial charge on any atom is 0.139 e. The molecule has 0 aromatic carbocycles. The van der Waals surface area contributed by atoms with Crippen LogP contribution in [-0.2, 0) is 9.53 Å². The van der Waals surface area contributed by atoms with Gasteiger partial charge in [0.25, 0.3) is 0 Å². The minimum absolute atomic E-state index is 0.109. The normalized spacial score (nSPS) is 36.7. The van der Waals surface area contributed by atoms with Crippen LogP contribution < -0.4 is 0 Å². The van der Waals surface area contributed by atoms with Crippen LogP contribution in [0, 0.1) is 17.3 Å². The summed E-state index contributed by atoms with van der Waals surface area (Å²) in [7, 11) is 0. The Morgan fingerprint density at radius 3 is 2.47 bits per heavy atom. The Hall–Kier alpha value is -0.370. The third-order valence-corrected chi connectivity index (χ3v) is 6.01. The third-order valence-electron chi connectivity index (χ3n) is 6.01. The SMILES string of the molecule is CC1(C)CCCCC1C(=O)C1CCOC2(CCC2)C1. The second kappa shape index (κ2) is 4.87. The quantitative estimate of drug-likeness (QED) is 0.750. The minimum atomic E-state index is 0.109. The summed E-state index contributed by atoms with van der Waals surface area (Å²) in [5.74, 6) is 1.16. The topological polar surface area (TPSA) is 26.3 Å². The maximum absolute atomic E-state index is 12.9. The van der Waals surface area contributed by atoms with Crippen LogP contribution in [0.2, 0.25) is 0 Å². The Balaban J connectivity index is 1.69. The van der Waals surface area contributed by atoms with E-state index in [4.69, 9.17) is 4.74 Å². The lowest BCUT2D eigenvalue weighted by atomic mass is 9.62. The molecule has 1 spiro atoms. The van der Waals surface area contributed by atoms with Crippen LogP contribution in [0.4, 0.5) is 0 Å². The summed E-state index contributed by atoms with van der Waals surface area (Å²) in [5, 5.41) is 0. The van der Waals surface area contributed by atoms with Crippen molar-refractivity contribution in [2.24, 2.45) is 17.3 Å². The number of carbonyl (C=O) groups excluding carboxylic acids is 1. The van der Waals surface area contributed by atoms with Gasteiger partial charge in [0.05, 0.1) is 5.60 Å². The second-order valence-corrected chi connectivity index (χ2v) is 7.76. The molecule has 0 amide bonds. The fourth-order valence-electron chi connectivity index (χ4n) is 4.50. The van der Waals surface area contributed by atoms with Gasteiger partial charge in [-0.05, 0) is 50.4 Å². The first-order valence-corrected chi connectivity index (χ1v) is 8.20. The Bertz CT molecular complexity index is 354. The molecule has 1 saturated heterocycles. The molecular weight excluding hydrogens is 236 g/mol. The van der Waals surface area contributed by atoms with E-state index in [1.807, 2.05) is 0 Å². The highest BCUT2D eigenvalue weighted by molar-refractivity contribution is 5.84. The van der Waals surface area contributed by atoms with Crippen molar-refractivity contribution in [2.75, 3.05) is 6.61 Å². The first-order valence-electron chi connectivity index (χ1n) is 8.20. The van der Waals surface area contributed by atoms with Gasteiger partial charge in [0.2, 0.25) is 0 Å². The van der Waals surface area contributed by atoms with E-state index in [1.54, 1.807) is 0 Å². The lowest BCUT2D eigenvalue weighted by Crippen LogP contribution is -2.49. The molecule has 2 aliphatic carbocycles. The molecule has 2 saturated carbocycles. The van der Waals surface area contributed by atoms with Crippen molar-refractivity contribution >= 4 is 5.78 Å². The molecule has 3 fully saturated rings. The highest BCUT2D eigenvalue weighted by atomic mass is 16.5. The van der Waals surface area contributed by atoms with Crippen LogP contribution >= 0.6 is 0 Å². The van der Waals surface area contributed by atoms with E-state index < -0.39 is 0 Å². The number of rotatable bonds is 2. The number of ether oxygens (including phenoxy) is 1. The fourth-order valence-corrected chi connectivity index (χ4v) is 4.50. The summed E-state index contributed by atoms with van der Waals surface area (Å²) in [6.45, 7) is 5.41. The van der Waals surface area contributed by atoms with Crippen LogP contribution in [-0.4, -0.2) is 18.0 Å². The Kier molecular flexibility index (Phi) is 3.49. The predicted molar refractivity (Wildman–Crippen MR) is 76.0 cm³/mol. The summed E-state index contributed by atoms with van der Waals surface area (Å²) in [6, 6.07) is 0. The Labute approximate surface area is 117 Å². The summed E-state index contributed by atoms with van der Waals surface area (Å²) in [5.41, 5.74) is 0.331. The molecule has 1 aliphatic heterocycles. The molecule has 0 aromatic rings. The van der Waals surface area contributed by atoms with Crippen molar-refractivity contribution in [3.05, 3.63) is 0 Å². The molecule has 1 heterocycles. The molecule has 2 atom stereocenters. The van der Waals surface area contributed by atoms with Crippen molar-refractivity contribution in [1.82, 2.24) is 0 Å². The molecule has 3 aliphatic rings. The molecule has 0 N–H and O–H groups in total. The average Bonchev–Trinajstić information content (AvgIpc) is 2.36. The van der Waals surface area contributed by atoms with E-state index in [1.165, 1.54) is 38.5 Å². The average molecular weight is 264 g/mol. The zero-order chi connectivity index (χ0) is 13.5. The van der Waals surface area contributed by atoms with Gasteiger partial charge in [0.1, 0.15) is 5.78 Å². The Morgan fingerprint density at radius 1 is 1.05 bits per heavy atom. The maximum atomic E-state index is 12.9. The first kappa shape index (κ1) is 13.6. The van der Waals surface area contributed by atoms with Crippen LogP contribution in [0.15, 0.2) is 0 Å². The van der Waals surface area contributed by atoms with Gasteiger partial charge in [-0.25, -0.2) is 0 Å². The number of hydrogen-bond donors (Lipinski definition) is 0. The molecule has 2 nitrogen and oxygen atoms in total. The van der Waals surface area contributed by atoms with E-state index >= 15 is 0 Å². The third kappa shape index (κ3) is 2.49. The van der Waals surface area contributed by atoms with E-state index in [9.17, 15) is 4.79 Å². The summed E-state index contributed by atoms with van der Waals surface area (Å²) in [4.78, 5) is 12.9. The van der Waals surface area contributed by atoms with E-state index in [2.05, 4.69) is 13.8 Å². The Morgan fingerprint density at radius 2 is 1.84 bits per heavy atom. The van der Waals surface area contributed by atoms with Crippen LogP contribution in [0.25, 0.3) is 0 Å². The molecule has 0 bridgehead atoms. The van der Waals surface area contributed by atoms with Gasteiger partial charge in [0, 0.05) is 18.4 Å². The molecule has 3 rings (SSSR count). The minimum Gasteiger partial charge on any atom is -0.375 e. The molecule has 0 aromatic heterocycles. The van der Waals surface area contributed by atoms with E-state index in [-0.39, 0.29) is 16.9 Å². The first-order chi connectivity index (χ1) is 9.03. The van der Waals surface area contributed by atoms with E-state index in [0.29, 0.717) is 11.7 Å². The van der Waals surface area contributed by atoms with Crippen molar-refractivity contribution in [3.63, 3.8) is 0 Å². The van der Waals surface area contributed by atoms with Gasteiger partial charge in [-0.15, -0.1) is 0 Å². The summed E-state index contributed by atoms with van der Waals surface area (Å²) < 4.78 is 5.97. The lowest BCUT2D eigenvalue weighted by molar-refractivity contribution is -0.160. The van der Waals surface area contributed by atoms with Gasteiger partial charge in [-0.1, -0.05) is 26.7 Å². The molecule has 19 heavy (non-hydrogen) atoms. The van der Waals surface area contributed by atoms with Crippen molar-refractivity contribution < 1.29 is 9.53 Å². The lowest BCUT2D eigenvalue weighted by Gasteiger charge is -2.48. The highest BCUT2D eigenvalue weighted by Gasteiger charge is 2.47. The molecular formula is C17H28O2. The predicted octanol–water partition coefficient (Wildman–Crippen LogP) is 4.12. The standard InChI is InChI=1S/C17H28O2/c1-16(2)8-4-3-6-14(16)15(18)13-7-11-19-17(12-13)9-5-10-17/h13-14H,3-12H2,1-2H3. The fraction of sp³-hybridized carbons (Fsp3) is 0.941. The zero-order valence-corrected chi connectivity index (χ0v) is 12.5. The van der Waals surface area contributed by atoms with Crippen molar-refractivity contribution in [3.8, 4) is 0 Å². The van der Waals surface area contributed by atoms with Crippen molar-refractivity contribution in [2.45, 2.75) is 77.2 Å². The number of Topliss-reactive ketones (excluding diaryl/α,β-unsaturated/α-hetero) is 1. The van der Waals surface area contributed by atoms with Gasteiger partial charge >= 0.3 is 0 Å². The number of hydrogen-bond acceptors (Lipinski definition) is 2. The highest BCUT2D eigenvalue weighted by Crippen LogP contribution is 2.48. The molecule has 2 heteroatoms. The van der Waals surface area contributed by atoms with Crippen LogP contribution in [0.3, 0.4) is 0 Å². The number of ketones is 1. The molecule has 2 unspecified atom stereocenters. The van der Waals surface area contributed by atoms with Crippen LogP contribution in [0.1, 0.15) is 71.6 Å². The van der Waals surface area contributed by atoms with Crippen molar-refractivity contribution in [1.29, 1.82) is 0 Å². The molecule has 108 valence electrons. The monoisotopic (exact) mass is 264 g/mol. The summed E-state index contributed by atoms with van der Waals surface area (Å²) >= 11 is 0. The van der Waals surface area contributed by atoms with Crippen LogP contribution in [0.5, 0.6) is 0 Å².